The number of hydrogen-bond donors (Lipinski definition) is 1. The second-order valence-corrected chi connectivity index (χ2v) is 5.48. The lowest BCUT2D eigenvalue weighted by atomic mass is 10.2. The molecule has 0 radical (unpaired) electrons. The van der Waals surface area contributed by atoms with Crippen molar-refractivity contribution in [3.63, 3.8) is 0 Å². The third kappa shape index (κ3) is 2.86. The first-order chi connectivity index (χ1) is 8.24. The minimum Gasteiger partial charge on any atom is -0.496 e. The quantitative estimate of drug-likeness (QED) is 0.940. The van der Waals surface area contributed by atoms with Crippen molar-refractivity contribution in [2.45, 2.75) is 6.54 Å². The molecule has 0 aliphatic rings. The number of ether oxygens (including phenoxy) is 1. The van der Waals surface area contributed by atoms with Crippen molar-refractivity contribution in [2.75, 3.05) is 14.2 Å². The molecule has 1 N–H and O–H groups in total. The molecular weight excluding hydrogens is 300 g/mol. The Balaban J connectivity index is 2.29. The largest absolute Gasteiger partial charge is 0.496 e. The van der Waals surface area contributed by atoms with E-state index >= 15 is 0 Å². The fourth-order valence-corrected chi connectivity index (χ4v) is 2.96. The summed E-state index contributed by atoms with van der Waals surface area (Å²) in [5.74, 6) is 0.834. The van der Waals surface area contributed by atoms with Crippen LogP contribution in [0.5, 0.6) is 5.75 Å². The van der Waals surface area contributed by atoms with Crippen molar-refractivity contribution >= 4 is 27.3 Å². The number of nitrogens with zero attached hydrogens (tertiary/aromatic N) is 1. The van der Waals surface area contributed by atoms with Gasteiger partial charge >= 0.3 is 0 Å². The molecule has 0 aliphatic heterocycles. The first-order valence-corrected chi connectivity index (χ1v) is 6.78. The van der Waals surface area contributed by atoms with E-state index in [1.165, 1.54) is 4.88 Å². The van der Waals surface area contributed by atoms with Gasteiger partial charge in [-0.3, -0.25) is 0 Å². The summed E-state index contributed by atoms with van der Waals surface area (Å²) in [6.45, 7) is 0.856. The molecule has 0 fully saturated rings. The number of methoxy groups -OCH3 is 1. The van der Waals surface area contributed by atoms with Crippen molar-refractivity contribution < 1.29 is 4.74 Å². The third-order valence-corrected chi connectivity index (χ3v) is 3.97. The molecule has 17 heavy (non-hydrogen) atoms. The smallest absolute Gasteiger partial charge is 0.133 e. The SMILES string of the molecule is CNCc1cnc(-c2ccc(OC)c(Br)c2)s1. The number of hydrogen-bond acceptors (Lipinski definition) is 4. The summed E-state index contributed by atoms with van der Waals surface area (Å²) in [5.41, 5.74) is 1.10. The van der Waals surface area contributed by atoms with Crippen LogP contribution in [0.3, 0.4) is 0 Å². The summed E-state index contributed by atoms with van der Waals surface area (Å²) in [7, 11) is 3.59. The molecule has 2 rings (SSSR count). The predicted molar refractivity (Wildman–Crippen MR) is 74.6 cm³/mol. The molecule has 2 aromatic rings. The third-order valence-electron chi connectivity index (χ3n) is 2.30. The molecule has 0 amide bonds. The van der Waals surface area contributed by atoms with E-state index in [-0.39, 0.29) is 0 Å². The van der Waals surface area contributed by atoms with Gasteiger partial charge in [0.15, 0.2) is 0 Å². The zero-order valence-electron chi connectivity index (χ0n) is 9.66. The van der Waals surface area contributed by atoms with E-state index < -0.39 is 0 Å². The topological polar surface area (TPSA) is 34.2 Å². The van der Waals surface area contributed by atoms with Crippen LogP contribution in [0.2, 0.25) is 0 Å². The maximum atomic E-state index is 5.21. The zero-order valence-corrected chi connectivity index (χ0v) is 12.1. The molecule has 0 atom stereocenters. The summed E-state index contributed by atoms with van der Waals surface area (Å²) in [5, 5.41) is 4.15. The van der Waals surface area contributed by atoms with E-state index in [1.807, 2.05) is 31.4 Å². The minimum absolute atomic E-state index is 0.834. The van der Waals surface area contributed by atoms with Gasteiger partial charge < -0.3 is 10.1 Å². The molecule has 90 valence electrons. The lowest BCUT2D eigenvalue weighted by molar-refractivity contribution is 0.412. The average Bonchev–Trinajstić information content (AvgIpc) is 2.78. The second kappa shape index (κ2) is 5.62. The van der Waals surface area contributed by atoms with Gasteiger partial charge in [-0.15, -0.1) is 11.3 Å². The van der Waals surface area contributed by atoms with Gasteiger partial charge in [-0.25, -0.2) is 4.98 Å². The van der Waals surface area contributed by atoms with E-state index in [0.717, 1.165) is 27.3 Å². The van der Waals surface area contributed by atoms with Crippen molar-refractivity contribution in [1.82, 2.24) is 10.3 Å². The molecule has 5 heteroatoms. The zero-order chi connectivity index (χ0) is 12.3. The normalized spacial score (nSPS) is 10.5. The van der Waals surface area contributed by atoms with Gasteiger partial charge in [-0.1, -0.05) is 0 Å². The monoisotopic (exact) mass is 312 g/mol. The molecule has 1 aromatic heterocycles. The number of nitrogens with one attached hydrogen (secondary N) is 1. The van der Waals surface area contributed by atoms with Gasteiger partial charge in [0, 0.05) is 23.2 Å². The molecule has 0 saturated carbocycles. The van der Waals surface area contributed by atoms with Crippen LogP contribution in [-0.4, -0.2) is 19.1 Å². The number of thiazole rings is 1. The summed E-state index contributed by atoms with van der Waals surface area (Å²) < 4.78 is 6.15. The van der Waals surface area contributed by atoms with Crippen LogP contribution >= 0.6 is 27.3 Å². The van der Waals surface area contributed by atoms with Gasteiger partial charge in [-0.2, -0.15) is 0 Å². The highest BCUT2D eigenvalue weighted by Gasteiger charge is 2.07. The molecule has 0 bridgehead atoms. The van der Waals surface area contributed by atoms with Crippen molar-refractivity contribution in [3.8, 4) is 16.3 Å². The Morgan fingerprint density at radius 1 is 1.47 bits per heavy atom. The highest BCUT2D eigenvalue weighted by atomic mass is 79.9. The summed E-state index contributed by atoms with van der Waals surface area (Å²) in [6, 6.07) is 5.99. The first-order valence-electron chi connectivity index (χ1n) is 5.18. The Morgan fingerprint density at radius 3 is 2.94 bits per heavy atom. The van der Waals surface area contributed by atoms with Crippen molar-refractivity contribution in [3.05, 3.63) is 33.7 Å². The van der Waals surface area contributed by atoms with Crippen LogP contribution in [-0.2, 0) is 6.54 Å². The molecule has 0 saturated heterocycles. The Hall–Kier alpha value is -0.910. The minimum atomic E-state index is 0.834. The highest BCUT2D eigenvalue weighted by molar-refractivity contribution is 9.10. The van der Waals surface area contributed by atoms with Gasteiger partial charge in [0.05, 0.1) is 11.6 Å². The van der Waals surface area contributed by atoms with Crippen LogP contribution in [0.25, 0.3) is 10.6 Å². The van der Waals surface area contributed by atoms with E-state index in [0.29, 0.717) is 0 Å². The summed E-state index contributed by atoms with van der Waals surface area (Å²) in [4.78, 5) is 5.65. The Morgan fingerprint density at radius 2 is 2.29 bits per heavy atom. The van der Waals surface area contributed by atoms with Crippen LogP contribution in [0.4, 0.5) is 0 Å². The molecule has 1 aromatic carbocycles. The van der Waals surface area contributed by atoms with Gasteiger partial charge in [0.1, 0.15) is 10.8 Å². The van der Waals surface area contributed by atoms with E-state index in [4.69, 9.17) is 4.74 Å². The van der Waals surface area contributed by atoms with Gasteiger partial charge in [-0.05, 0) is 41.2 Å². The number of benzene rings is 1. The fourth-order valence-electron chi connectivity index (χ4n) is 1.50. The molecule has 0 spiro atoms. The summed E-state index contributed by atoms with van der Waals surface area (Å²) in [6.07, 6.45) is 1.91. The Kier molecular flexibility index (Phi) is 4.15. The van der Waals surface area contributed by atoms with Gasteiger partial charge in [0.25, 0.3) is 0 Å². The molecule has 3 nitrogen and oxygen atoms in total. The van der Waals surface area contributed by atoms with Crippen LogP contribution in [0, 0.1) is 0 Å². The first kappa shape index (κ1) is 12.5. The van der Waals surface area contributed by atoms with E-state index in [9.17, 15) is 0 Å². The van der Waals surface area contributed by atoms with Crippen molar-refractivity contribution in [2.24, 2.45) is 0 Å². The highest BCUT2D eigenvalue weighted by Crippen LogP contribution is 2.32. The van der Waals surface area contributed by atoms with Crippen LogP contribution in [0.15, 0.2) is 28.9 Å². The van der Waals surface area contributed by atoms with Crippen LogP contribution in [0.1, 0.15) is 4.88 Å². The average molecular weight is 313 g/mol. The van der Waals surface area contributed by atoms with E-state index in [1.54, 1.807) is 18.4 Å². The van der Waals surface area contributed by atoms with Crippen LogP contribution < -0.4 is 10.1 Å². The molecule has 0 unspecified atom stereocenters. The summed E-state index contributed by atoms with van der Waals surface area (Å²) >= 11 is 5.18. The lowest BCUT2D eigenvalue weighted by Crippen LogP contribution is -2.02. The fraction of sp³-hybridized carbons (Fsp3) is 0.250. The van der Waals surface area contributed by atoms with E-state index in [2.05, 4.69) is 26.2 Å². The molecular formula is C12H13BrN2OS. The molecule has 0 aliphatic carbocycles. The van der Waals surface area contributed by atoms with Crippen molar-refractivity contribution in [1.29, 1.82) is 0 Å². The predicted octanol–water partition coefficient (Wildman–Crippen LogP) is 3.30. The standard InChI is InChI=1S/C12H13BrN2OS/c1-14-6-9-7-15-12(17-9)8-3-4-11(16-2)10(13)5-8/h3-5,7,14H,6H2,1-2H3. The second-order valence-electron chi connectivity index (χ2n) is 3.51. The van der Waals surface area contributed by atoms with Gasteiger partial charge in [0.2, 0.25) is 0 Å². The maximum Gasteiger partial charge on any atom is 0.133 e. The molecule has 1 heterocycles. The number of rotatable bonds is 4. The Bertz CT molecular complexity index is 513. The number of aromatic nitrogens is 1. The Labute approximate surface area is 113 Å². The number of halogens is 1. The lowest BCUT2D eigenvalue weighted by Gasteiger charge is -2.04. The maximum absolute atomic E-state index is 5.21.